The molecule has 2 aromatic heterocycles. The van der Waals surface area contributed by atoms with Crippen molar-refractivity contribution in [2.24, 2.45) is 0 Å². The first-order chi connectivity index (χ1) is 13.0. The Balaban J connectivity index is 1.62. The molecule has 1 amide bonds. The monoisotopic (exact) mass is 383 g/mol. The first-order valence-electron chi connectivity index (χ1n) is 9.02. The molecule has 0 bridgehead atoms. The SMILES string of the molecule is CCn1ncc(CN(C)C(=O)c2cc(COc3ccccc3C)cs2)c1C. The number of hydrogen-bond donors (Lipinski definition) is 0. The average Bonchev–Trinajstić information content (AvgIpc) is 3.27. The van der Waals surface area contributed by atoms with E-state index in [1.165, 1.54) is 11.3 Å². The molecule has 0 saturated carbocycles. The minimum Gasteiger partial charge on any atom is -0.489 e. The highest BCUT2D eigenvalue weighted by Gasteiger charge is 2.17. The molecule has 0 fully saturated rings. The molecule has 1 aromatic carbocycles. The molecule has 0 unspecified atom stereocenters. The molecule has 0 N–H and O–H groups in total. The molecular formula is C21H25N3O2S. The Labute approximate surface area is 164 Å². The third-order valence-corrected chi connectivity index (χ3v) is 5.58. The van der Waals surface area contributed by atoms with E-state index in [1.54, 1.807) is 4.90 Å². The molecule has 27 heavy (non-hydrogen) atoms. The van der Waals surface area contributed by atoms with E-state index in [0.717, 1.165) is 39.6 Å². The zero-order chi connectivity index (χ0) is 19.4. The number of ether oxygens (including phenoxy) is 1. The van der Waals surface area contributed by atoms with Crippen molar-refractivity contribution in [2.45, 2.75) is 40.5 Å². The molecule has 3 aromatic rings. The second kappa shape index (κ2) is 8.39. The molecule has 2 heterocycles. The van der Waals surface area contributed by atoms with Crippen LogP contribution in [0.3, 0.4) is 0 Å². The number of rotatable bonds is 7. The van der Waals surface area contributed by atoms with Crippen LogP contribution in [0.5, 0.6) is 5.75 Å². The lowest BCUT2D eigenvalue weighted by molar-refractivity contribution is 0.0789. The molecular weight excluding hydrogens is 358 g/mol. The lowest BCUT2D eigenvalue weighted by Gasteiger charge is -2.16. The summed E-state index contributed by atoms with van der Waals surface area (Å²) in [6.07, 6.45) is 1.85. The number of carbonyl (C=O) groups is 1. The summed E-state index contributed by atoms with van der Waals surface area (Å²) in [4.78, 5) is 15.2. The fourth-order valence-corrected chi connectivity index (χ4v) is 3.81. The van der Waals surface area contributed by atoms with Gasteiger partial charge in [0.2, 0.25) is 0 Å². The molecule has 0 aliphatic carbocycles. The lowest BCUT2D eigenvalue weighted by atomic mass is 10.2. The van der Waals surface area contributed by atoms with Crippen LogP contribution in [0.4, 0.5) is 0 Å². The summed E-state index contributed by atoms with van der Waals surface area (Å²) in [7, 11) is 1.83. The van der Waals surface area contributed by atoms with Crippen LogP contribution < -0.4 is 4.74 Å². The van der Waals surface area contributed by atoms with Gasteiger partial charge in [-0.2, -0.15) is 5.10 Å². The Morgan fingerprint density at radius 2 is 2.07 bits per heavy atom. The molecule has 0 aliphatic rings. The van der Waals surface area contributed by atoms with Gasteiger partial charge in [-0.05, 0) is 43.8 Å². The van der Waals surface area contributed by atoms with Crippen molar-refractivity contribution >= 4 is 17.2 Å². The Kier molecular flexibility index (Phi) is 5.96. The van der Waals surface area contributed by atoms with Crippen LogP contribution in [0.2, 0.25) is 0 Å². The van der Waals surface area contributed by atoms with E-state index in [4.69, 9.17) is 4.74 Å². The maximum Gasteiger partial charge on any atom is 0.263 e. The normalized spacial score (nSPS) is 10.8. The van der Waals surface area contributed by atoms with Crippen LogP contribution in [0.1, 0.15) is 39.0 Å². The number of hydrogen-bond acceptors (Lipinski definition) is 4. The summed E-state index contributed by atoms with van der Waals surface area (Å²) >= 11 is 1.46. The Morgan fingerprint density at radius 3 is 2.78 bits per heavy atom. The Hall–Kier alpha value is -2.60. The predicted molar refractivity (Wildman–Crippen MR) is 108 cm³/mol. The standard InChI is InChI=1S/C21H25N3O2S/c1-5-24-16(3)18(11-22-24)12-23(4)21(25)20-10-17(14-27-20)13-26-19-9-7-6-8-15(19)2/h6-11,14H,5,12-13H2,1-4H3. The summed E-state index contributed by atoms with van der Waals surface area (Å²) in [5.41, 5.74) is 4.30. The number of amides is 1. The van der Waals surface area contributed by atoms with Gasteiger partial charge in [-0.25, -0.2) is 0 Å². The van der Waals surface area contributed by atoms with E-state index in [9.17, 15) is 4.79 Å². The van der Waals surface area contributed by atoms with Crippen LogP contribution in [-0.4, -0.2) is 27.6 Å². The molecule has 3 rings (SSSR count). The number of thiophene rings is 1. The molecule has 142 valence electrons. The first-order valence-corrected chi connectivity index (χ1v) is 9.90. The predicted octanol–water partition coefficient (Wildman–Crippen LogP) is 4.43. The molecule has 0 atom stereocenters. The highest BCUT2D eigenvalue weighted by Crippen LogP contribution is 2.22. The van der Waals surface area contributed by atoms with Gasteiger partial charge in [0.25, 0.3) is 5.91 Å². The Bertz CT molecular complexity index is 929. The van der Waals surface area contributed by atoms with Crippen LogP contribution in [0.15, 0.2) is 41.9 Å². The molecule has 0 radical (unpaired) electrons. The van der Waals surface area contributed by atoms with Crippen molar-refractivity contribution in [3.63, 3.8) is 0 Å². The van der Waals surface area contributed by atoms with Crippen LogP contribution >= 0.6 is 11.3 Å². The highest BCUT2D eigenvalue weighted by atomic mass is 32.1. The van der Waals surface area contributed by atoms with Crippen molar-refractivity contribution in [3.8, 4) is 5.75 Å². The smallest absolute Gasteiger partial charge is 0.263 e. The third kappa shape index (κ3) is 4.39. The molecule has 0 spiro atoms. The topological polar surface area (TPSA) is 47.4 Å². The van der Waals surface area contributed by atoms with E-state index in [2.05, 4.69) is 12.0 Å². The fourth-order valence-electron chi connectivity index (χ4n) is 2.92. The number of nitrogens with zero attached hydrogens (tertiary/aromatic N) is 3. The Morgan fingerprint density at radius 1 is 1.30 bits per heavy atom. The summed E-state index contributed by atoms with van der Waals surface area (Å²) in [6.45, 7) is 7.97. The summed E-state index contributed by atoms with van der Waals surface area (Å²) < 4.78 is 7.82. The maximum atomic E-state index is 12.7. The average molecular weight is 384 g/mol. The minimum absolute atomic E-state index is 0.0193. The fraction of sp³-hybridized carbons (Fsp3) is 0.333. The van der Waals surface area contributed by atoms with Gasteiger partial charge in [0, 0.05) is 37.0 Å². The number of aromatic nitrogens is 2. The van der Waals surface area contributed by atoms with Crippen molar-refractivity contribution in [3.05, 3.63) is 69.2 Å². The minimum atomic E-state index is 0.0193. The van der Waals surface area contributed by atoms with Gasteiger partial charge in [-0.15, -0.1) is 11.3 Å². The van der Waals surface area contributed by atoms with Gasteiger partial charge >= 0.3 is 0 Å². The number of benzene rings is 1. The second-order valence-electron chi connectivity index (χ2n) is 6.61. The summed E-state index contributed by atoms with van der Waals surface area (Å²) in [6, 6.07) is 9.85. The quantitative estimate of drug-likeness (QED) is 0.606. The lowest BCUT2D eigenvalue weighted by Crippen LogP contribution is -2.25. The second-order valence-corrected chi connectivity index (χ2v) is 7.52. The van der Waals surface area contributed by atoms with Gasteiger partial charge in [0.05, 0.1) is 11.1 Å². The van der Waals surface area contributed by atoms with Crippen molar-refractivity contribution in [2.75, 3.05) is 7.05 Å². The van der Waals surface area contributed by atoms with Gasteiger partial charge in [-0.1, -0.05) is 18.2 Å². The molecule has 0 aliphatic heterocycles. The van der Waals surface area contributed by atoms with Crippen LogP contribution in [-0.2, 0) is 19.7 Å². The number of carbonyl (C=O) groups excluding carboxylic acids is 1. The van der Waals surface area contributed by atoms with E-state index in [1.807, 2.05) is 67.5 Å². The van der Waals surface area contributed by atoms with Crippen molar-refractivity contribution < 1.29 is 9.53 Å². The largest absolute Gasteiger partial charge is 0.489 e. The van der Waals surface area contributed by atoms with E-state index in [-0.39, 0.29) is 5.91 Å². The van der Waals surface area contributed by atoms with Crippen LogP contribution in [0.25, 0.3) is 0 Å². The molecule has 6 heteroatoms. The van der Waals surface area contributed by atoms with Crippen molar-refractivity contribution in [1.82, 2.24) is 14.7 Å². The molecule has 0 saturated heterocycles. The highest BCUT2D eigenvalue weighted by molar-refractivity contribution is 7.12. The summed E-state index contributed by atoms with van der Waals surface area (Å²) in [5.74, 6) is 0.892. The van der Waals surface area contributed by atoms with Crippen molar-refractivity contribution in [1.29, 1.82) is 0 Å². The molecule has 5 nitrogen and oxygen atoms in total. The van der Waals surface area contributed by atoms with Gasteiger partial charge in [0.1, 0.15) is 12.4 Å². The number of aryl methyl sites for hydroxylation is 2. The number of para-hydroxylation sites is 1. The van der Waals surface area contributed by atoms with E-state index < -0.39 is 0 Å². The van der Waals surface area contributed by atoms with Crippen LogP contribution in [0, 0.1) is 13.8 Å². The van der Waals surface area contributed by atoms with Gasteiger partial charge < -0.3 is 9.64 Å². The van der Waals surface area contributed by atoms with E-state index in [0.29, 0.717) is 13.2 Å². The zero-order valence-corrected chi connectivity index (χ0v) is 17.0. The third-order valence-electron chi connectivity index (χ3n) is 4.61. The van der Waals surface area contributed by atoms with Gasteiger partial charge in [-0.3, -0.25) is 9.48 Å². The maximum absolute atomic E-state index is 12.7. The first kappa shape index (κ1) is 19.2. The van der Waals surface area contributed by atoms with Gasteiger partial charge in [0.15, 0.2) is 0 Å². The summed E-state index contributed by atoms with van der Waals surface area (Å²) in [5, 5.41) is 6.33. The zero-order valence-electron chi connectivity index (χ0n) is 16.2. The van der Waals surface area contributed by atoms with E-state index >= 15 is 0 Å².